The summed E-state index contributed by atoms with van der Waals surface area (Å²) in [5.74, 6) is 0. The van der Waals surface area contributed by atoms with Gasteiger partial charge in [0, 0.05) is 15.7 Å². The van der Waals surface area contributed by atoms with Crippen LogP contribution in [0.5, 0.6) is 0 Å². The fourth-order valence-electron chi connectivity index (χ4n) is 1.44. The molecule has 0 heterocycles. The average Bonchev–Trinajstić information content (AvgIpc) is 2.16. The Morgan fingerprint density at radius 3 is 2.00 bits per heavy atom. The molecule has 0 aromatic heterocycles. The lowest BCUT2D eigenvalue weighted by Gasteiger charge is -2.04. The highest BCUT2D eigenvalue weighted by molar-refractivity contribution is 6.35. The van der Waals surface area contributed by atoms with E-state index in [1.165, 1.54) is 0 Å². The van der Waals surface area contributed by atoms with Gasteiger partial charge in [-0.2, -0.15) is 0 Å². The molecule has 0 radical (unpaired) electrons. The van der Waals surface area contributed by atoms with Gasteiger partial charge in [0.2, 0.25) is 0 Å². The van der Waals surface area contributed by atoms with Gasteiger partial charge in [-0.25, -0.2) is 0 Å². The van der Waals surface area contributed by atoms with E-state index in [0.29, 0.717) is 10.0 Å². The second kappa shape index (κ2) is 5.44. The van der Waals surface area contributed by atoms with Crippen LogP contribution in [-0.2, 0) is 0 Å². The van der Waals surface area contributed by atoms with Crippen LogP contribution >= 0.6 is 35.6 Å². The first-order valence-electron chi connectivity index (χ1n) is 4.47. The van der Waals surface area contributed by atoms with Gasteiger partial charge in [-0.05, 0) is 41.5 Å². The summed E-state index contributed by atoms with van der Waals surface area (Å²) in [5.41, 5.74) is 8.42. The van der Waals surface area contributed by atoms with Crippen molar-refractivity contribution in [1.82, 2.24) is 0 Å². The summed E-state index contributed by atoms with van der Waals surface area (Å²) < 4.78 is 0. The van der Waals surface area contributed by atoms with Crippen molar-refractivity contribution in [3.63, 3.8) is 0 Å². The van der Waals surface area contributed by atoms with Gasteiger partial charge in [-0.15, -0.1) is 12.4 Å². The topological polar surface area (TPSA) is 26.0 Å². The first-order valence-corrected chi connectivity index (χ1v) is 5.23. The summed E-state index contributed by atoms with van der Waals surface area (Å²) in [4.78, 5) is 0. The zero-order chi connectivity index (χ0) is 10.8. The van der Waals surface area contributed by atoms with Crippen LogP contribution in [0.1, 0.15) is 0 Å². The van der Waals surface area contributed by atoms with E-state index < -0.39 is 0 Å². The Labute approximate surface area is 111 Å². The number of hydrogen-bond acceptors (Lipinski definition) is 1. The molecule has 1 nitrogen and oxygen atoms in total. The van der Waals surface area contributed by atoms with E-state index in [-0.39, 0.29) is 12.4 Å². The lowest BCUT2D eigenvalue weighted by Crippen LogP contribution is -1.85. The van der Waals surface area contributed by atoms with Crippen LogP contribution in [-0.4, -0.2) is 0 Å². The van der Waals surface area contributed by atoms with E-state index in [9.17, 15) is 0 Å². The molecular weight excluding hydrogens is 264 g/mol. The molecule has 2 N–H and O–H groups in total. The largest absolute Gasteiger partial charge is 0.399 e. The lowest BCUT2D eigenvalue weighted by molar-refractivity contribution is 1.61. The number of nitrogen functional groups attached to an aromatic ring is 1. The number of nitrogens with two attached hydrogens (primary N) is 1. The molecule has 2 aromatic rings. The fourth-order valence-corrected chi connectivity index (χ4v) is 1.96. The highest BCUT2D eigenvalue weighted by atomic mass is 35.5. The van der Waals surface area contributed by atoms with Crippen LogP contribution in [0.25, 0.3) is 11.1 Å². The molecule has 0 aliphatic rings. The molecule has 2 rings (SSSR count). The highest BCUT2D eigenvalue weighted by Gasteiger charge is 2.01. The van der Waals surface area contributed by atoms with Crippen LogP contribution in [0.2, 0.25) is 10.0 Å². The highest BCUT2D eigenvalue weighted by Crippen LogP contribution is 2.27. The first-order chi connectivity index (χ1) is 7.15. The average molecular weight is 275 g/mol. The summed E-state index contributed by atoms with van der Waals surface area (Å²) in [6.07, 6.45) is 0. The number of benzene rings is 2. The Bertz CT molecular complexity index is 477. The number of halogens is 3. The van der Waals surface area contributed by atoms with E-state index in [0.717, 1.165) is 16.8 Å². The number of anilines is 1. The van der Waals surface area contributed by atoms with Gasteiger partial charge >= 0.3 is 0 Å². The van der Waals surface area contributed by atoms with E-state index in [1.54, 1.807) is 6.07 Å². The summed E-state index contributed by atoms with van der Waals surface area (Å²) in [5, 5.41) is 1.25. The maximum absolute atomic E-state index is 5.92. The maximum Gasteiger partial charge on any atom is 0.0426 e. The standard InChI is InChI=1S/C12H9Cl2N.ClH/c13-10-4-9(5-11(14)7-10)8-2-1-3-12(15)6-8;/h1-7H,15H2;1H. The molecule has 0 spiro atoms. The molecular formula is C12H10Cl3N. The van der Waals surface area contributed by atoms with E-state index in [2.05, 4.69) is 0 Å². The van der Waals surface area contributed by atoms with Gasteiger partial charge < -0.3 is 5.73 Å². The van der Waals surface area contributed by atoms with Crippen molar-refractivity contribution in [2.45, 2.75) is 0 Å². The molecule has 0 aliphatic carbocycles. The molecule has 0 fully saturated rings. The van der Waals surface area contributed by atoms with Gasteiger partial charge in [-0.1, -0.05) is 35.3 Å². The van der Waals surface area contributed by atoms with Crippen molar-refractivity contribution in [3.05, 3.63) is 52.5 Å². The second-order valence-corrected chi connectivity index (χ2v) is 4.16. The molecule has 84 valence electrons. The summed E-state index contributed by atoms with van der Waals surface area (Å²) in [7, 11) is 0. The van der Waals surface area contributed by atoms with Crippen LogP contribution in [0, 0.1) is 0 Å². The summed E-state index contributed by atoms with van der Waals surface area (Å²) >= 11 is 11.8. The molecule has 2 aromatic carbocycles. The fraction of sp³-hybridized carbons (Fsp3) is 0. The molecule has 0 saturated carbocycles. The lowest BCUT2D eigenvalue weighted by atomic mass is 10.1. The van der Waals surface area contributed by atoms with E-state index in [4.69, 9.17) is 28.9 Å². The second-order valence-electron chi connectivity index (χ2n) is 3.28. The van der Waals surface area contributed by atoms with Crippen molar-refractivity contribution >= 4 is 41.3 Å². The molecule has 0 saturated heterocycles. The third-order valence-corrected chi connectivity index (χ3v) is 2.52. The zero-order valence-corrected chi connectivity index (χ0v) is 10.6. The van der Waals surface area contributed by atoms with Crippen LogP contribution in [0.15, 0.2) is 42.5 Å². The Balaban J connectivity index is 0.00000128. The van der Waals surface area contributed by atoms with Crippen molar-refractivity contribution in [2.24, 2.45) is 0 Å². The minimum atomic E-state index is 0. The van der Waals surface area contributed by atoms with Gasteiger partial charge in [0.15, 0.2) is 0 Å². The minimum Gasteiger partial charge on any atom is -0.399 e. The Morgan fingerprint density at radius 1 is 0.812 bits per heavy atom. The summed E-state index contributed by atoms with van der Waals surface area (Å²) in [6, 6.07) is 13.0. The Morgan fingerprint density at radius 2 is 1.44 bits per heavy atom. The maximum atomic E-state index is 5.92. The molecule has 4 heteroatoms. The third kappa shape index (κ3) is 3.05. The Kier molecular flexibility index (Phi) is 4.48. The van der Waals surface area contributed by atoms with Crippen LogP contribution in [0.4, 0.5) is 5.69 Å². The summed E-state index contributed by atoms with van der Waals surface area (Å²) in [6.45, 7) is 0. The number of hydrogen-bond donors (Lipinski definition) is 1. The van der Waals surface area contributed by atoms with Gasteiger partial charge in [0.05, 0.1) is 0 Å². The quantitative estimate of drug-likeness (QED) is 0.752. The monoisotopic (exact) mass is 273 g/mol. The van der Waals surface area contributed by atoms with Crippen molar-refractivity contribution in [1.29, 1.82) is 0 Å². The van der Waals surface area contributed by atoms with Gasteiger partial charge in [0.25, 0.3) is 0 Å². The molecule has 0 bridgehead atoms. The van der Waals surface area contributed by atoms with Crippen molar-refractivity contribution in [3.8, 4) is 11.1 Å². The minimum absolute atomic E-state index is 0. The predicted molar refractivity (Wildman–Crippen MR) is 73.6 cm³/mol. The molecule has 0 atom stereocenters. The molecule has 0 unspecified atom stereocenters. The smallest absolute Gasteiger partial charge is 0.0426 e. The first kappa shape index (κ1) is 13.2. The van der Waals surface area contributed by atoms with E-state index >= 15 is 0 Å². The van der Waals surface area contributed by atoms with Crippen molar-refractivity contribution < 1.29 is 0 Å². The molecule has 16 heavy (non-hydrogen) atoms. The van der Waals surface area contributed by atoms with Gasteiger partial charge in [0.1, 0.15) is 0 Å². The van der Waals surface area contributed by atoms with Crippen molar-refractivity contribution in [2.75, 3.05) is 5.73 Å². The number of rotatable bonds is 1. The molecule has 0 aliphatic heterocycles. The predicted octanol–water partition coefficient (Wildman–Crippen LogP) is 4.66. The van der Waals surface area contributed by atoms with Crippen LogP contribution < -0.4 is 5.73 Å². The molecule has 0 amide bonds. The van der Waals surface area contributed by atoms with Gasteiger partial charge in [-0.3, -0.25) is 0 Å². The van der Waals surface area contributed by atoms with E-state index in [1.807, 2.05) is 36.4 Å². The Hall–Kier alpha value is -0.890. The zero-order valence-electron chi connectivity index (χ0n) is 8.28. The SMILES string of the molecule is Cl.Nc1cccc(-c2cc(Cl)cc(Cl)c2)c1. The third-order valence-electron chi connectivity index (χ3n) is 2.08. The van der Waals surface area contributed by atoms with Crippen LogP contribution in [0.3, 0.4) is 0 Å². The normalized spacial score (nSPS) is 9.62.